The van der Waals surface area contributed by atoms with E-state index < -0.39 is 6.29 Å². The maximum absolute atomic E-state index is 9.79. The summed E-state index contributed by atoms with van der Waals surface area (Å²) in [7, 11) is 0. The molecule has 0 aromatic carbocycles. The number of halogens is 1. The molecule has 96 valence electrons. The maximum Gasteiger partial charge on any atom is 0.185 e. The first-order valence-corrected chi connectivity index (χ1v) is 6.96. The average Bonchev–Trinajstić information content (AvgIpc) is 2.73. The molecule has 0 amide bonds. The monoisotopic (exact) mass is 352 g/mol. The highest BCUT2D eigenvalue weighted by atomic mass is 127. The first kappa shape index (κ1) is 13.3. The zero-order valence-corrected chi connectivity index (χ0v) is 12.0. The van der Waals surface area contributed by atoms with Crippen molar-refractivity contribution >= 4 is 22.6 Å². The van der Waals surface area contributed by atoms with Gasteiger partial charge in [0.25, 0.3) is 0 Å². The van der Waals surface area contributed by atoms with Gasteiger partial charge in [0.1, 0.15) is 9.93 Å². The molecule has 1 fully saturated rings. The van der Waals surface area contributed by atoms with Crippen LogP contribution in [-0.2, 0) is 9.47 Å². The minimum Gasteiger partial charge on any atom is -0.364 e. The lowest BCUT2D eigenvalue weighted by atomic mass is 10.2. The molecule has 1 aromatic rings. The fraction of sp³-hybridized carbons (Fsp3) is 0.727. The minimum atomic E-state index is -0.899. The van der Waals surface area contributed by atoms with Gasteiger partial charge in [0.05, 0.1) is 5.56 Å². The largest absolute Gasteiger partial charge is 0.364 e. The maximum atomic E-state index is 9.79. The first-order valence-electron chi connectivity index (χ1n) is 5.88. The van der Waals surface area contributed by atoms with E-state index in [2.05, 4.69) is 27.7 Å². The van der Waals surface area contributed by atoms with Crippen LogP contribution in [0.3, 0.4) is 0 Å². The van der Waals surface area contributed by atoms with Gasteiger partial charge in [-0.15, -0.1) is 0 Å². The van der Waals surface area contributed by atoms with Crippen molar-refractivity contribution < 1.29 is 14.6 Å². The molecule has 1 N–H and O–H groups in total. The van der Waals surface area contributed by atoms with Crippen LogP contribution in [0.15, 0.2) is 6.20 Å². The Morgan fingerprint density at radius 3 is 3.18 bits per heavy atom. The van der Waals surface area contributed by atoms with Crippen molar-refractivity contribution in [3.05, 3.63) is 15.5 Å². The summed E-state index contributed by atoms with van der Waals surface area (Å²) in [6, 6.07) is 0. The van der Waals surface area contributed by atoms with Crippen LogP contribution in [0.1, 0.15) is 44.3 Å². The smallest absolute Gasteiger partial charge is 0.185 e. The summed E-state index contributed by atoms with van der Waals surface area (Å²) in [6.45, 7) is 3.11. The van der Waals surface area contributed by atoms with Gasteiger partial charge in [-0.2, -0.15) is 5.10 Å². The Bertz CT molecular complexity index is 364. The molecule has 0 aliphatic carbocycles. The summed E-state index contributed by atoms with van der Waals surface area (Å²) >= 11 is 2.10. The van der Waals surface area contributed by atoms with Gasteiger partial charge in [-0.25, -0.2) is 4.68 Å². The third-order valence-corrected chi connectivity index (χ3v) is 3.59. The normalized spacial score (nSPS) is 22.6. The molecular weight excluding hydrogens is 335 g/mol. The third kappa shape index (κ3) is 3.18. The highest BCUT2D eigenvalue weighted by Crippen LogP contribution is 2.26. The van der Waals surface area contributed by atoms with Crippen LogP contribution in [0.25, 0.3) is 0 Å². The summed E-state index contributed by atoms with van der Waals surface area (Å²) < 4.78 is 13.4. The van der Waals surface area contributed by atoms with Crippen molar-refractivity contribution in [2.24, 2.45) is 0 Å². The molecule has 1 aliphatic heterocycles. The molecule has 2 unspecified atom stereocenters. The SMILES string of the molecule is CCOC(O)c1cn(C2CCCCO2)nc1I. The molecule has 6 heteroatoms. The molecule has 2 rings (SSSR count). The number of aliphatic hydroxyl groups excluding tert-OH is 1. The molecule has 17 heavy (non-hydrogen) atoms. The van der Waals surface area contributed by atoms with Crippen LogP contribution in [0.2, 0.25) is 0 Å². The van der Waals surface area contributed by atoms with Crippen molar-refractivity contribution in [2.45, 2.75) is 38.7 Å². The number of rotatable bonds is 4. The molecule has 1 aliphatic rings. The Kier molecular flexibility index (Phi) is 4.78. The van der Waals surface area contributed by atoms with Crippen LogP contribution >= 0.6 is 22.6 Å². The number of aromatic nitrogens is 2. The second kappa shape index (κ2) is 6.12. The predicted molar refractivity (Wildman–Crippen MR) is 70.4 cm³/mol. The lowest BCUT2D eigenvalue weighted by Crippen LogP contribution is -2.18. The van der Waals surface area contributed by atoms with Crippen molar-refractivity contribution in [3.8, 4) is 0 Å². The highest BCUT2D eigenvalue weighted by molar-refractivity contribution is 14.1. The quantitative estimate of drug-likeness (QED) is 0.667. The van der Waals surface area contributed by atoms with E-state index >= 15 is 0 Å². The molecule has 5 nitrogen and oxygen atoms in total. The van der Waals surface area contributed by atoms with Gasteiger partial charge < -0.3 is 14.6 Å². The van der Waals surface area contributed by atoms with Crippen molar-refractivity contribution in [1.82, 2.24) is 9.78 Å². The molecule has 0 saturated carbocycles. The van der Waals surface area contributed by atoms with Gasteiger partial charge in [0.2, 0.25) is 0 Å². The number of hydrogen-bond donors (Lipinski definition) is 1. The first-order chi connectivity index (χ1) is 8.22. The summed E-state index contributed by atoms with van der Waals surface area (Å²) in [5, 5.41) is 14.2. The van der Waals surface area contributed by atoms with Gasteiger partial charge >= 0.3 is 0 Å². The topological polar surface area (TPSA) is 56.5 Å². The Labute approximate surface area is 114 Å². The van der Waals surface area contributed by atoms with Crippen LogP contribution < -0.4 is 0 Å². The van der Waals surface area contributed by atoms with Crippen molar-refractivity contribution in [3.63, 3.8) is 0 Å². The zero-order valence-electron chi connectivity index (χ0n) is 9.80. The van der Waals surface area contributed by atoms with Crippen LogP contribution in [0.5, 0.6) is 0 Å². The predicted octanol–water partition coefficient (Wildman–Crippen LogP) is 2.21. The molecule has 0 spiro atoms. The van der Waals surface area contributed by atoms with Crippen molar-refractivity contribution in [1.29, 1.82) is 0 Å². The zero-order chi connectivity index (χ0) is 12.3. The third-order valence-electron chi connectivity index (χ3n) is 2.75. The van der Waals surface area contributed by atoms with E-state index in [1.165, 1.54) is 0 Å². The van der Waals surface area contributed by atoms with E-state index in [0.29, 0.717) is 12.2 Å². The van der Waals surface area contributed by atoms with Gasteiger partial charge in [0.15, 0.2) is 6.29 Å². The summed E-state index contributed by atoms with van der Waals surface area (Å²) in [5.41, 5.74) is 0.710. The standard InChI is InChI=1S/C11H17IN2O3/c1-2-16-11(15)8-7-14(13-10(8)12)9-5-3-4-6-17-9/h7,9,11,15H,2-6H2,1H3. The summed E-state index contributed by atoms with van der Waals surface area (Å²) in [6.07, 6.45) is 4.16. The lowest BCUT2D eigenvalue weighted by Gasteiger charge is -2.22. The number of hydrogen-bond acceptors (Lipinski definition) is 4. The Morgan fingerprint density at radius 2 is 2.53 bits per heavy atom. The summed E-state index contributed by atoms with van der Waals surface area (Å²) in [4.78, 5) is 0. The van der Waals surface area contributed by atoms with E-state index in [1.54, 1.807) is 4.68 Å². The minimum absolute atomic E-state index is 0.000146. The molecule has 2 heterocycles. The number of ether oxygens (including phenoxy) is 2. The van der Waals surface area contributed by atoms with Gasteiger partial charge in [-0.3, -0.25) is 0 Å². The van der Waals surface area contributed by atoms with E-state index in [4.69, 9.17) is 9.47 Å². The highest BCUT2D eigenvalue weighted by Gasteiger charge is 2.21. The molecule has 2 atom stereocenters. The second-order valence-corrected chi connectivity index (χ2v) is 5.01. The van der Waals surface area contributed by atoms with Crippen LogP contribution in [-0.4, -0.2) is 28.1 Å². The Balaban J connectivity index is 2.11. The van der Waals surface area contributed by atoms with E-state index in [-0.39, 0.29) is 6.23 Å². The van der Waals surface area contributed by atoms with Gasteiger partial charge in [-0.1, -0.05) is 0 Å². The van der Waals surface area contributed by atoms with E-state index in [1.807, 2.05) is 13.1 Å². The molecule has 0 bridgehead atoms. The average molecular weight is 352 g/mol. The van der Waals surface area contributed by atoms with Crippen LogP contribution in [0.4, 0.5) is 0 Å². The Morgan fingerprint density at radius 1 is 1.71 bits per heavy atom. The number of aliphatic hydroxyl groups is 1. The van der Waals surface area contributed by atoms with Gasteiger partial charge in [-0.05, 0) is 48.8 Å². The fourth-order valence-electron chi connectivity index (χ4n) is 1.88. The van der Waals surface area contributed by atoms with E-state index in [0.717, 1.165) is 29.6 Å². The molecule has 1 aromatic heterocycles. The lowest BCUT2D eigenvalue weighted by molar-refractivity contribution is -0.0987. The molecule has 1 saturated heterocycles. The van der Waals surface area contributed by atoms with Crippen LogP contribution in [0, 0.1) is 3.70 Å². The molecular formula is C11H17IN2O3. The summed E-state index contributed by atoms with van der Waals surface area (Å²) in [5.74, 6) is 0. The van der Waals surface area contributed by atoms with Crippen molar-refractivity contribution in [2.75, 3.05) is 13.2 Å². The Hall–Kier alpha value is -0.180. The van der Waals surface area contributed by atoms with Gasteiger partial charge in [0, 0.05) is 19.4 Å². The van der Waals surface area contributed by atoms with E-state index in [9.17, 15) is 5.11 Å². The number of nitrogens with zero attached hydrogens (tertiary/aromatic N) is 2. The fourth-order valence-corrected chi connectivity index (χ4v) is 2.53. The second-order valence-electron chi connectivity index (χ2n) is 3.98. The molecule has 0 radical (unpaired) electrons.